The molecule has 1 heterocycles. The SMILES string of the molecule is CCCn1nnnc1N=Cc1ccccc1. The number of rotatable bonds is 4. The molecule has 2 rings (SSSR count). The van der Waals surface area contributed by atoms with Crippen molar-refractivity contribution in [3.8, 4) is 0 Å². The van der Waals surface area contributed by atoms with Gasteiger partial charge in [-0.1, -0.05) is 42.4 Å². The smallest absolute Gasteiger partial charge is 0.218 e. The van der Waals surface area contributed by atoms with E-state index in [1.54, 1.807) is 10.9 Å². The zero-order chi connectivity index (χ0) is 11.2. The van der Waals surface area contributed by atoms with Gasteiger partial charge in [0.15, 0.2) is 0 Å². The highest BCUT2D eigenvalue weighted by Gasteiger charge is 2.01. The third-order valence-electron chi connectivity index (χ3n) is 2.08. The van der Waals surface area contributed by atoms with Crippen LogP contribution in [-0.4, -0.2) is 26.4 Å². The second-order valence-corrected chi connectivity index (χ2v) is 3.37. The van der Waals surface area contributed by atoms with Gasteiger partial charge in [0.25, 0.3) is 5.95 Å². The standard InChI is InChI=1S/C11H13N5/c1-2-8-16-11(13-14-15-16)12-9-10-6-4-3-5-7-10/h3-7,9H,2,8H2,1H3. The summed E-state index contributed by atoms with van der Waals surface area (Å²) < 4.78 is 1.69. The van der Waals surface area contributed by atoms with Crippen LogP contribution in [0.15, 0.2) is 35.3 Å². The fourth-order valence-corrected chi connectivity index (χ4v) is 1.32. The molecule has 0 spiro atoms. The molecule has 5 heteroatoms. The molecule has 0 N–H and O–H groups in total. The third-order valence-corrected chi connectivity index (χ3v) is 2.08. The molecule has 0 saturated heterocycles. The van der Waals surface area contributed by atoms with Crippen LogP contribution in [0.25, 0.3) is 0 Å². The molecule has 2 aromatic rings. The lowest BCUT2D eigenvalue weighted by molar-refractivity contribution is 0.582. The largest absolute Gasteiger partial charge is 0.269 e. The Labute approximate surface area is 93.8 Å². The zero-order valence-corrected chi connectivity index (χ0v) is 9.11. The van der Waals surface area contributed by atoms with Gasteiger partial charge in [-0.2, -0.15) is 0 Å². The van der Waals surface area contributed by atoms with Crippen LogP contribution in [0.4, 0.5) is 5.95 Å². The van der Waals surface area contributed by atoms with E-state index in [0.717, 1.165) is 18.5 Å². The maximum absolute atomic E-state index is 4.26. The van der Waals surface area contributed by atoms with E-state index < -0.39 is 0 Å². The van der Waals surface area contributed by atoms with Crippen molar-refractivity contribution in [2.75, 3.05) is 0 Å². The van der Waals surface area contributed by atoms with Crippen molar-refractivity contribution in [3.63, 3.8) is 0 Å². The highest BCUT2D eigenvalue weighted by atomic mass is 15.6. The molecule has 0 aliphatic carbocycles. The molecular weight excluding hydrogens is 202 g/mol. The molecule has 82 valence electrons. The average molecular weight is 215 g/mol. The summed E-state index contributed by atoms with van der Waals surface area (Å²) >= 11 is 0. The number of hydrogen-bond acceptors (Lipinski definition) is 4. The van der Waals surface area contributed by atoms with Crippen molar-refractivity contribution in [2.45, 2.75) is 19.9 Å². The lowest BCUT2D eigenvalue weighted by Gasteiger charge is -1.96. The second kappa shape index (κ2) is 5.16. The predicted octanol–water partition coefficient (Wildman–Crippen LogP) is 1.83. The minimum absolute atomic E-state index is 0.547. The summed E-state index contributed by atoms with van der Waals surface area (Å²) in [4.78, 5) is 4.26. The van der Waals surface area contributed by atoms with Crippen LogP contribution in [0.5, 0.6) is 0 Å². The lowest BCUT2D eigenvalue weighted by atomic mass is 10.2. The van der Waals surface area contributed by atoms with Gasteiger partial charge in [0.05, 0.1) is 0 Å². The first-order valence-electron chi connectivity index (χ1n) is 5.25. The molecule has 0 saturated carbocycles. The molecule has 1 aromatic carbocycles. The molecule has 0 aliphatic heterocycles. The summed E-state index contributed by atoms with van der Waals surface area (Å²) in [6.45, 7) is 2.86. The first-order chi connectivity index (χ1) is 7.90. The van der Waals surface area contributed by atoms with Gasteiger partial charge in [0.2, 0.25) is 0 Å². The van der Waals surface area contributed by atoms with Gasteiger partial charge in [0, 0.05) is 12.8 Å². The van der Waals surface area contributed by atoms with E-state index in [4.69, 9.17) is 0 Å². The Hall–Kier alpha value is -2.04. The molecule has 0 radical (unpaired) electrons. The topological polar surface area (TPSA) is 56.0 Å². The molecule has 0 atom stereocenters. The molecule has 0 amide bonds. The van der Waals surface area contributed by atoms with Gasteiger partial charge >= 0.3 is 0 Å². The van der Waals surface area contributed by atoms with Gasteiger partial charge in [-0.15, -0.1) is 0 Å². The van der Waals surface area contributed by atoms with Crippen LogP contribution in [0.3, 0.4) is 0 Å². The van der Waals surface area contributed by atoms with E-state index >= 15 is 0 Å². The normalized spacial score (nSPS) is 11.1. The number of tetrazole rings is 1. The van der Waals surface area contributed by atoms with Gasteiger partial charge in [-0.05, 0) is 22.4 Å². The zero-order valence-electron chi connectivity index (χ0n) is 9.11. The van der Waals surface area contributed by atoms with Crippen molar-refractivity contribution >= 4 is 12.2 Å². The fourth-order valence-electron chi connectivity index (χ4n) is 1.32. The number of hydrogen-bond donors (Lipinski definition) is 0. The monoisotopic (exact) mass is 215 g/mol. The molecule has 0 unspecified atom stereocenters. The maximum atomic E-state index is 4.26. The predicted molar refractivity (Wildman–Crippen MR) is 61.8 cm³/mol. The minimum atomic E-state index is 0.547. The Morgan fingerprint density at radius 1 is 1.31 bits per heavy atom. The van der Waals surface area contributed by atoms with Crippen molar-refractivity contribution in [3.05, 3.63) is 35.9 Å². The van der Waals surface area contributed by atoms with Crippen molar-refractivity contribution in [1.29, 1.82) is 0 Å². The first kappa shape index (κ1) is 10.5. The Kier molecular flexibility index (Phi) is 3.38. The molecule has 0 fully saturated rings. The number of benzene rings is 1. The molecule has 1 aromatic heterocycles. The van der Waals surface area contributed by atoms with Crippen molar-refractivity contribution < 1.29 is 0 Å². The van der Waals surface area contributed by atoms with E-state index in [-0.39, 0.29) is 0 Å². The van der Waals surface area contributed by atoms with Crippen LogP contribution in [-0.2, 0) is 6.54 Å². The van der Waals surface area contributed by atoms with Gasteiger partial charge in [-0.3, -0.25) is 0 Å². The van der Waals surface area contributed by atoms with E-state index in [1.807, 2.05) is 30.3 Å². The van der Waals surface area contributed by atoms with Crippen LogP contribution >= 0.6 is 0 Å². The number of aliphatic imine (C=N–C) groups is 1. The molecule has 0 aliphatic rings. The summed E-state index contributed by atoms with van der Waals surface area (Å²) in [6, 6.07) is 9.88. The summed E-state index contributed by atoms with van der Waals surface area (Å²) in [5, 5.41) is 11.3. The quantitative estimate of drug-likeness (QED) is 0.731. The van der Waals surface area contributed by atoms with Crippen LogP contribution in [0.2, 0.25) is 0 Å². The molecular formula is C11H13N5. The Bertz CT molecular complexity index is 460. The molecule has 16 heavy (non-hydrogen) atoms. The van der Waals surface area contributed by atoms with Gasteiger partial charge < -0.3 is 0 Å². The first-order valence-corrected chi connectivity index (χ1v) is 5.25. The van der Waals surface area contributed by atoms with Crippen LogP contribution in [0, 0.1) is 0 Å². The number of nitrogens with zero attached hydrogens (tertiary/aromatic N) is 5. The highest BCUT2D eigenvalue weighted by molar-refractivity contribution is 5.80. The summed E-state index contributed by atoms with van der Waals surface area (Å²) in [5.41, 5.74) is 1.04. The van der Waals surface area contributed by atoms with Crippen LogP contribution < -0.4 is 0 Å². The fraction of sp³-hybridized carbons (Fsp3) is 0.273. The highest BCUT2D eigenvalue weighted by Crippen LogP contribution is 2.05. The van der Waals surface area contributed by atoms with E-state index in [0.29, 0.717) is 5.95 Å². The van der Waals surface area contributed by atoms with E-state index in [9.17, 15) is 0 Å². The molecule has 0 bridgehead atoms. The minimum Gasteiger partial charge on any atom is -0.218 e. The number of aromatic nitrogens is 4. The summed E-state index contributed by atoms with van der Waals surface area (Å²) in [6.07, 6.45) is 2.75. The third kappa shape index (κ3) is 2.50. The number of aryl methyl sites for hydroxylation is 1. The van der Waals surface area contributed by atoms with Crippen LogP contribution in [0.1, 0.15) is 18.9 Å². The molecule has 5 nitrogen and oxygen atoms in total. The summed E-state index contributed by atoms with van der Waals surface area (Å²) in [7, 11) is 0. The van der Waals surface area contributed by atoms with E-state index in [1.165, 1.54) is 0 Å². The second-order valence-electron chi connectivity index (χ2n) is 3.37. The van der Waals surface area contributed by atoms with Crippen molar-refractivity contribution in [2.24, 2.45) is 4.99 Å². The summed E-state index contributed by atoms with van der Waals surface area (Å²) in [5.74, 6) is 0.547. The lowest BCUT2D eigenvalue weighted by Crippen LogP contribution is -1.98. The average Bonchev–Trinajstić information content (AvgIpc) is 2.76. The Morgan fingerprint density at radius 2 is 2.12 bits per heavy atom. The van der Waals surface area contributed by atoms with Crippen molar-refractivity contribution in [1.82, 2.24) is 20.2 Å². The van der Waals surface area contributed by atoms with Gasteiger partial charge in [-0.25, -0.2) is 9.67 Å². The maximum Gasteiger partial charge on any atom is 0.269 e. The Balaban J connectivity index is 2.14. The van der Waals surface area contributed by atoms with Gasteiger partial charge in [0.1, 0.15) is 0 Å². The van der Waals surface area contributed by atoms with E-state index in [2.05, 4.69) is 27.4 Å². The Morgan fingerprint density at radius 3 is 2.88 bits per heavy atom.